The lowest BCUT2D eigenvalue weighted by Gasteiger charge is -2.33. The van der Waals surface area contributed by atoms with Crippen molar-refractivity contribution in [2.75, 3.05) is 18.0 Å². The van der Waals surface area contributed by atoms with Crippen molar-refractivity contribution in [1.82, 2.24) is 0 Å². The molecule has 1 saturated heterocycles. The van der Waals surface area contributed by atoms with Gasteiger partial charge in [-0.25, -0.2) is 0 Å². The molecule has 0 saturated carbocycles. The Morgan fingerprint density at radius 3 is 2.64 bits per heavy atom. The van der Waals surface area contributed by atoms with Crippen LogP contribution in [-0.2, 0) is 0 Å². The van der Waals surface area contributed by atoms with Crippen LogP contribution < -0.4 is 4.90 Å². The van der Waals surface area contributed by atoms with Gasteiger partial charge in [0.05, 0.1) is 0 Å². The van der Waals surface area contributed by atoms with E-state index in [0.29, 0.717) is 5.75 Å². The molecule has 0 atom stereocenters. The quantitative estimate of drug-likeness (QED) is 0.655. The summed E-state index contributed by atoms with van der Waals surface area (Å²) < 4.78 is 0. The van der Waals surface area contributed by atoms with Gasteiger partial charge in [-0.15, -0.1) is 0 Å². The molecule has 0 spiro atoms. The van der Waals surface area contributed by atoms with Gasteiger partial charge >= 0.3 is 0 Å². The number of phenolic OH excluding ortho intramolecular Hbond substituents is 1. The predicted octanol–water partition coefficient (Wildman–Crippen LogP) is 1.60. The minimum absolute atomic E-state index is 0.356. The third-order valence-corrected chi connectivity index (χ3v) is 2.05. The normalized spacial score (nSPS) is 16.2. The third kappa shape index (κ3) is 1.16. The van der Waals surface area contributed by atoms with Gasteiger partial charge in [-0.05, 0) is 18.6 Å². The molecular weight excluding hydrogens is 138 g/mol. The molecule has 0 aliphatic carbocycles. The Morgan fingerprint density at radius 1 is 1.27 bits per heavy atom. The molecule has 0 amide bonds. The molecule has 0 unspecified atom stereocenters. The fourth-order valence-corrected chi connectivity index (χ4v) is 1.26. The van der Waals surface area contributed by atoms with Crippen molar-refractivity contribution in [3.63, 3.8) is 0 Å². The molecule has 1 aromatic carbocycles. The molecule has 58 valence electrons. The number of nitrogens with zero attached hydrogens (tertiary/aromatic N) is 1. The van der Waals surface area contributed by atoms with Gasteiger partial charge in [0.1, 0.15) is 5.75 Å². The molecule has 1 aromatic rings. The van der Waals surface area contributed by atoms with Crippen molar-refractivity contribution in [2.45, 2.75) is 6.42 Å². The molecule has 1 heterocycles. The first-order valence-corrected chi connectivity index (χ1v) is 3.90. The molecule has 1 aliphatic rings. The van der Waals surface area contributed by atoms with Crippen LogP contribution in [-0.4, -0.2) is 18.2 Å². The molecule has 0 bridgehead atoms. The van der Waals surface area contributed by atoms with Gasteiger partial charge in [-0.2, -0.15) is 0 Å². The van der Waals surface area contributed by atoms with Crippen molar-refractivity contribution in [3.8, 4) is 5.75 Å². The zero-order valence-electron chi connectivity index (χ0n) is 6.33. The summed E-state index contributed by atoms with van der Waals surface area (Å²) in [5.41, 5.74) is 1.14. The second-order valence-electron chi connectivity index (χ2n) is 2.86. The van der Waals surface area contributed by atoms with E-state index < -0.39 is 0 Å². The van der Waals surface area contributed by atoms with Crippen LogP contribution in [0.25, 0.3) is 0 Å². The monoisotopic (exact) mass is 149 g/mol. The molecule has 2 nitrogen and oxygen atoms in total. The summed E-state index contributed by atoms with van der Waals surface area (Å²) in [6.07, 6.45) is 1.27. The summed E-state index contributed by atoms with van der Waals surface area (Å²) in [7, 11) is 0. The van der Waals surface area contributed by atoms with Crippen molar-refractivity contribution in [2.24, 2.45) is 0 Å². The summed E-state index contributed by atoms with van der Waals surface area (Å²) in [5.74, 6) is 0.356. The summed E-state index contributed by atoms with van der Waals surface area (Å²) >= 11 is 0. The third-order valence-electron chi connectivity index (χ3n) is 2.05. The van der Waals surface area contributed by atoms with E-state index in [0.717, 1.165) is 18.8 Å². The molecule has 1 N–H and O–H groups in total. The fraction of sp³-hybridized carbons (Fsp3) is 0.333. The Morgan fingerprint density at radius 2 is 2.09 bits per heavy atom. The molecule has 1 aliphatic heterocycles. The average Bonchev–Trinajstić information content (AvgIpc) is 1.83. The van der Waals surface area contributed by atoms with E-state index in [-0.39, 0.29) is 0 Å². The largest absolute Gasteiger partial charge is 0.508 e. The van der Waals surface area contributed by atoms with Crippen LogP contribution >= 0.6 is 0 Å². The highest BCUT2D eigenvalue weighted by Gasteiger charge is 2.13. The van der Waals surface area contributed by atoms with E-state index >= 15 is 0 Å². The predicted molar refractivity (Wildman–Crippen MR) is 44.9 cm³/mol. The van der Waals surface area contributed by atoms with Gasteiger partial charge in [-0.1, -0.05) is 6.07 Å². The molecule has 2 rings (SSSR count). The SMILES string of the molecule is Oc1cccc(N2CCC2)c1. The lowest BCUT2D eigenvalue weighted by atomic mass is 10.2. The van der Waals surface area contributed by atoms with Crippen LogP contribution in [0, 0.1) is 0 Å². The molecular formula is C9H11NO. The average molecular weight is 149 g/mol. The van der Waals surface area contributed by atoms with E-state index in [9.17, 15) is 0 Å². The Hall–Kier alpha value is -1.18. The minimum Gasteiger partial charge on any atom is -0.508 e. The maximum atomic E-state index is 9.15. The molecule has 0 aromatic heterocycles. The van der Waals surface area contributed by atoms with Gasteiger partial charge in [0, 0.05) is 24.8 Å². The Balaban J connectivity index is 2.23. The van der Waals surface area contributed by atoms with Crippen molar-refractivity contribution >= 4 is 5.69 Å². The zero-order valence-corrected chi connectivity index (χ0v) is 6.33. The Kier molecular flexibility index (Phi) is 1.46. The molecule has 2 heteroatoms. The van der Waals surface area contributed by atoms with Crippen molar-refractivity contribution in [1.29, 1.82) is 0 Å². The van der Waals surface area contributed by atoms with E-state index in [1.807, 2.05) is 12.1 Å². The van der Waals surface area contributed by atoms with E-state index in [1.54, 1.807) is 12.1 Å². The van der Waals surface area contributed by atoms with Crippen LogP contribution in [0.2, 0.25) is 0 Å². The highest BCUT2D eigenvalue weighted by atomic mass is 16.3. The first-order valence-electron chi connectivity index (χ1n) is 3.90. The minimum atomic E-state index is 0.356. The molecule has 0 radical (unpaired) electrons. The first-order chi connectivity index (χ1) is 5.36. The van der Waals surface area contributed by atoms with Crippen LogP contribution in [0.4, 0.5) is 5.69 Å². The molecule has 1 fully saturated rings. The number of phenols is 1. The summed E-state index contributed by atoms with van der Waals surface area (Å²) in [6.45, 7) is 2.26. The smallest absolute Gasteiger partial charge is 0.117 e. The lowest BCUT2D eigenvalue weighted by molar-refractivity contribution is 0.474. The van der Waals surface area contributed by atoms with Crippen LogP contribution in [0.15, 0.2) is 24.3 Å². The Labute approximate surface area is 66.1 Å². The van der Waals surface area contributed by atoms with Crippen LogP contribution in [0.1, 0.15) is 6.42 Å². The van der Waals surface area contributed by atoms with Gasteiger partial charge in [0.25, 0.3) is 0 Å². The van der Waals surface area contributed by atoms with E-state index in [2.05, 4.69) is 4.90 Å². The first kappa shape index (κ1) is 6.53. The zero-order chi connectivity index (χ0) is 7.68. The highest BCUT2D eigenvalue weighted by molar-refractivity contribution is 5.51. The summed E-state index contributed by atoms with van der Waals surface area (Å²) in [4.78, 5) is 2.25. The standard InChI is InChI=1S/C9H11NO/c11-9-4-1-3-8(7-9)10-5-2-6-10/h1,3-4,7,11H,2,5-6H2. The number of aromatic hydroxyl groups is 1. The second kappa shape index (κ2) is 2.46. The van der Waals surface area contributed by atoms with Gasteiger partial charge < -0.3 is 10.0 Å². The van der Waals surface area contributed by atoms with Crippen molar-refractivity contribution < 1.29 is 5.11 Å². The number of hydrogen-bond acceptors (Lipinski definition) is 2. The van der Waals surface area contributed by atoms with E-state index in [4.69, 9.17) is 5.11 Å². The number of hydrogen-bond donors (Lipinski definition) is 1. The molecule has 11 heavy (non-hydrogen) atoms. The van der Waals surface area contributed by atoms with Gasteiger partial charge in [0.2, 0.25) is 0 Å². The van der Waals surface area contributed by atoms with Crippen LogP contribution in [0.3, 0.4) is 0 Å². The number of benzene rings is 1. The van der Waals surface area contributed by atoms with Gasteiger partial charge in [-0.3, -0.25) is 0 Å². The number of anilines is 1. The van der Waals surface area contributed by atoms with Crippen LogP contribution in [0.5, 0.6) is 5.75 Å². The fourth-order valence-electron chi connectivity index (χ4n) is 1.26. The number of rotatable bonds is 1. The lowest BCUT2D eigenvalue weighted by Crippen LogP contribution is -2.36. The maximum Gasteiger partial charge on any atom is 0.117 e. The van der Waals surface area contributed by atoms with Gasteiger partial charge in [0.15, 0.2) is 0 Å². The Bertz CT molecular complexity index is 255. The second-order valence-corrected chi connectivity index (χ2v) is 2.86. The maximum absolute atomic E-state index is 9.15. The highest BCUT2D eigenvalue weighted by Crippen LogP contribution is 2.23. The summed E-state index contributed by atoms with van der Waals surface area (Å²) in [5, 5.41) is 9.15. The topological polar surface area (TPSA) is 23.5 Å². The van der Waals surface area contributed by atoms with E-state index in [1.165, 1.54) is 6.42 Å². The summed E-state index contributed by atoms with van der Waals surface area (Å²) in [6, 6.07) is 7.41. The van der Waals surface area contributed by atoms with Crippen molar-refractivity contribution in [3.05, 3.63) is 24.3 Å².